The molecule has 0 aliphatic rings. The van der Waals surface area contributed by atoms with Crippen LogP contribution in [0.4, 0.5) is 0 Å². The van der Waals surface area contributed by atoms with Crippen molar-refractivity contribution in [3.63, 3.8) is 0 Å². The first-order chi connectivity index (χ1) is 32.0. The summed E-state index contributed by atoms with van der Waals surface area (Å²) in [6, 6.07) is 0. The summed E-state index contributed by atoms with van der Waals surface area (Å²) in [6.45, 7) is 6.57. The van der Waals surface area contributed by atoms with E-state index in [0.29, 0.717) is 19.3 Å². The van der Waals surface area contributed by atoms with Gasteiger partial charge >= 0.3 is 17.9 Å². The fourth-order valence-corrected chi connectivity index (χ4v) is 7.73. The minimum Gasteiger partial charge on any atom is -0.462 e. The third-order valence-electron chi connectivity index (χ3n) is 12.0. The molecule has 0 amide bonds. The Morgan fingerprint density at radius 3 is 0.938 bits per heavy atom. The molecule has 0 aliphatic carbocycles. The zero-order valence-corrected chi connectivity index (χ0v) is 43.0. The quantitative estimate of drug-likeness (QED) is 0.0262. The molecular formula is C59H104O6. The summed E-state index contributed by atoms with van der Waals surface area (Å²) in [5.41, 5.74) is 0. The highest BCUT2D eigenvalue weighted by molar-refractivity contribution is 5.71. The lowest BCUT2D eigenvalue weighted by Crippen LogP contribution is -2.30. The molecule has 0 aromatic carbocycles. The van der Waals surface area contributed by atoms with Crippen LogP contribution in [0.3, 0.4) is 0 Å². The second-order valence-corrected chi connectivity index (χ2v) is 18.5. The van der Waals surface area contributed by atoms with Crippen molar-refractivity contribution in [2.45, 2.75) is 284 Å². The Balaban J connectivity index is 4.44. The number of carbonyl (C=O) groups excluding carboxylic acids is 3. The number of hydrogen-bond donors (Lipinski definition) is 0. The van der Waals surface area contributed by atoms with Gasteiger partial charge in [0.25, 0.3) is 0 Å². The molecule has 0 saturated heterocycles. The molecule has 0 unspecified atom stereocenters. The van der Waals surface area contributed by atoms with Crippen LogP contribution in [0.5, 0.6) is 0 Å². The third-order valence-corrected chi connectivity index (χ3v) is 12.0. The molecule has 0 spiro atoms. The van der Waals surface area contributed by atoms with E-state index in [4.69, 9.17) is 14.2 Å². The average molecular weight is 909 g/mol. The van der Waals surface area contributed by atoms with E-state index in [1.54, 1.807) is 0 Å². The Morgan fingerprint density at radius 2 is 0.554 bits per heavy atom. The molecule has 1 atom stereocenters. The van der Waals surface area contributed by atoms with Gasteiger partial charge in [-0.15, -0.1) is 0 Å². The molecular weight excluding hydrogens is 805 g/mol. The molecule has 0 N–H and O–H groups in total. The van der Waals surface area contributed by atoms with Gasteiger partial charge in [0.05, 0.1) is 0 Å². The zero-order valence-electron chi connectivity index (χ0n) is 43.0. The first-order valence-corrected chi connectivity index (χ1v) is 27.8. The van der Waals surface area contributed by atoms with E-state index in [0.717, 1.165) is 77.0 Å². The van der Waals surface area contributed by atoms with E-state index >= 15 is 0 Å². The van der Waals surface area contributed by atoms with Gasteiger partial charge in [0.1, 0.15) is 13.2 Å². The molecule has 0 fully saturated rings. The van der Waals surface area contributed by atoms with Crippen LogP contribution in [0.15, 0.2) is 60.8 Å². The largest absolute Gasteiger partial charge is 0.462 e. The third kappa shape index (κ3) is 51.9. The molecule has 0 rings (SSSR count). The Bertz CT molecular complexity index is 1180. The van der Waals surface area contributed by atoms with Crippen LogP contribution in [0, 0.1) is 0 Å². The molecule has 0 aromatic rings. The second-order valence-electron chi connectivity index (χ2n) is 18.5. The van der Waals surface area contributed by atoms with E-state index in [9.17, 15) is 14.4 Å². The van der Waals surface area contributed by atoms with Crippen LogP contribution in [0.2, 0.25) is 0 Å². The van der Waals surface area contributed by atoms with Crippen molar-refractivity contribution in [3.8, 4) is 0 Å². The van der Waals surface area contributed by atoms with E-state index < -0.39 is 6.10 Å². The molecule has 6 heteroatoms. The molecule has 376 valence electrons. The van der Waals surface area contributed by atoms with Crippen molar-refractivity contribution in [2.24, 2.45) is 0 Å². The van der Waals surface area contributed by atoms with Gasteiger partial charge in [0.15, 0.2) is 6.10 Å². The summed E-state index contributed by atoms with van der Waals surface area (Å²) in [5.74, 6) is -0.936. The number of unbranched alkanes of at least 4 members (excludes halogenated alkanes) is 29. The normalized spacial score (nSPS) is 12.5. The van der Waals surface area contributed by atoms with Gasteiger partial charge in [-0.25, -0.2) is 0 Å². The molecule has 0 aromatic heterocycles. The zero-order chi connectivity index (χ0) is 47.2. The molecule has 0 saturated carbocycles. The number of hydrogen-bond acceptors (Lipinski definition) is 6. The monoisotopic (exact) mass is 909 g/mol. The molecule has 0 heterocycles. The number of rotatable bonds is 50. The van der Waals surface area contributed by atoms with Gasteiger partial charge in [-0.1, -0.05) is 210 Å². The topological polar surface area (TPSA) is 78.9 Å². The maximum atomic E-state index is 12.8. The maximum absolute atomic E-state index is 12.8. The van der Waals surface area contributed by atoms with Crippen LogP contribution in [0.25, 0.3) is 0 Å². The lowest BCUT2D eigenvalue weighted by molar-refractivity contribution is -0.167. The van der Waals surface area contributed by atoms with Crippen LogP contribution in [0.1, 0.15) is 278 Å². The Labute approximate surface area is 402 Å². The fourth-order valence-electron chi connectivity index (χ4n) is 7.73. The van der Waals surface area contributed by atoms with Crippen LogP contribution in [-0.2, 0) is 28.6 Å². The second kappa shape index (κ2) is 53.7. The van der Waals surface area contributed by atoms with Crippen molar-refractivity contribution in [2.75, 3.05) is 13.2 Å². The first-order valence-electron chi connectivity index (χ1n) is 27.8. The highest BCUT2D eigenvalue weighted by Crippen LogP contribution is 2.14. The predicted molar refractivity (Wildman–Crippen MR) is 279 cm³/mol. The molecule has 65 heavy (non-hydrogen) atoms. The Morgan fingerprint density at radius 1 is 0.308 bits per heavy atom. The molecule has 0 aliphatic heterocycles. The number of allylic oxidation sites excluding steroid dienone is 10. The lowest BCUT2D eigenvalue weighted by atomic mass is 10.1. The van der Waals surface area contributed by atoms with Gasteiger partial charge < -0.3 is 14.2 Å². The minimum absolute atomic E-state index is 0.0916. The van der Waals surface area contributed by atoms with E-state index in [-0.39, 0.29) is 31.1 Å². The predicted octanol–water partition coefficient (Wildman–Crippen LogP) is 18.4. The van der Waals surface area contributed by atoms with Crippen LogP contribution < -0.4 is 0 Å². The Kier molecular flexibility index (Phi) is 51.3. The van der Waals surface area contributed by atoms with E-state index in [2.05, 4.69) is 81.5 Å². The summed E-state index contributed by atoms with van der Waals surface area (Å²) in [6.07, 6.45) is 66.3. The number of esters is 3. The van der Waals surface area contributed by atoms with Gasteiger partial charge in [0, 0.05) is 19.3 Å². The van der Waals surface area contributed by atoms with E-state index in [1.165, 1.54) is 161 Å². The molecule has 0 bridgehead atoms. The summed E-state index contributed by atoms with van der Waals surface area (Å²) in [7, 11) is 0. The van der Waals surface area contributed by atoms with Gasteiger partial charge in [0.2, 0.25) is 0 Å². The van der Waals surface area contributed by atoms with Crippen molar-refractivity contribution in [1.29, 1.82) is 0 Å². The standard InChI is InChI=1S/C59H104O6/c1-4-7-10-13-16-19-22-25-28-29-32-35-38-41-44-47-50-53-59(62)65-56(54-63-57(60)51-48-45-42-39-36-33-30-26-23-20-17-14-11-8-5-2)55-64-58(61)52-49-46-43-40-37-34-31-27-24-21-18-15-12-9-6-3/h17,20,25-28,30-31,36,39,56H,4-16,18-19,21-24,29,32-35,37-38,40-55H2,1-3H3/b20-17-,28-25-,30-26-,31-27-,39-36-/t56-/m1/s1. The van der Waals surface area contributed by atoms with Gasteiger partial charge in [-0.05, 0) is 109 Å². The van der Waals surface area contributed by atoms with Gasteiger partial charge in [-0.2, -0.15) is 0 Å². The minimum atomic E-state index is -0.795. The van der Waals surface area contributed by atoms with Gasteiger partial charge in [-0.3, -0.25) is 14.4 Å². The summed E-state index contributed by atoms with van der Waals surface area (Å²) < 4.78 is 16.8. The fraction of sp³-hybridized carbons (Fsp3) is 0.780. The molecule has 6 nitrogen and oxygen atoms in total. The number of ether oxygens (including phenoxy) is 3. The SMILES string of the molecule is CCCCC/C=C\C/C=C\C/C=C\CCCCC(=O)OC[C@H](COC(=O)CCCCCCC/C=C\CCCCCCCC)OC(=O)CCCCCCCCC/C=C\CCCCCCCC. The van der Waals surface area contributed by atoms with Crippen LogP contribution >= 0.6 is 0 Å². The van der Waals surface area contributed by atoms with Crippen molar-refractivity contribution < 1.29 is 28.6 Å². The first kappa shape index (κ1) is 62.1. The van der Waals surface area contributed by atoms with Crippen molar-refractivity contribution in [1.82, 2.24) is 0 Å². The summed E-state index contributed by atoms with van der Waals surface area (Å²) in [5, 5.41) is 0. The average Bonchev–Trinajstić information content (AvgIpc) is 3.30. The highest BCUT2D eigenvalue weighted by Gasteiger charge is 2.19. The van der Waals surface area contributed by atoms with E-state index in [1.807, 2.05) is 0 Å². The molecule has 0 radical (unpaired) electrons. The maximum Gasteiger partial charge on any atom is 0.306 e. The highest BCUT2D eigenvalue weighted by atomic mass is 16.6. The number of carbonyl (C=O) groups is 3. The van der Waals surface area contributed by atoms with Crippen molar-refractivity contribution in [3.05, 3.63) is 60.8 Å². The van der Waals surface area contributed by atoms with Crippen LogP contribution in [-0.4, -0.2) is 37.2 Å². The van der Waals surface area contributed by atoms with Crippen molar-refractivity contribution >= 4 is 17.9 Å². The smallest absolute Gasteiger partial charge is 0.306 e. The summed E-state index contributed by atoms with van der Waals surface area (Å²) in [4.78, 5) is 38.1. The summed E-state index contributed by atoms with van der Waals surface area (Å²) >= 11 is 0. The lowest BCUT2D eigenvalue weighted by Gasteiger charge is -2.18. The Hall–Kier alpha value is -2.89.